The van der Waals surface area contributed by atoms with Crippen molar-refractivity contribution in [2.24, 2.45) is 0 Å². The number of nitrogens with zero attached hydrogens (tertiary/aromatic N) is 1. The Morgan fingerprint density at radius 2 is 2.25 bits per heavy atom. The van der Waals surface area contributed by atoms with Gasteiger partial charge in [-0.15, -0.1) is 0 Å². The summed E-state index contributed by atoms with van der Waals surface area (Å²) in [5.41, 5.74) is 4.24. The number of hydrogen-bond acceptors (Lipinski definition) is 4. The highest BCUT2D eigenvalue weighted by Gasteiger charge is 2.21. The van der Waals surface area contributed by atoms with E-state index in [4.69, 9.17) is 9.47 Å². The molecule has 28 heavy (non-hydrogen) atoms. The van der Waals surface area contributed by atoms with Gasteiger partial charge in [-0.05, 0) is 55.5 Å². The molecule has 1 aromatic heterocycles. The standard InChI is InChI=1S/C23H23N3O2/c24-14-19-15-26-21-9-8-17(13-20(19)21)5-4-10-25-23(18-6-2-1-3-7-18)22-16-27-11-12-28-22/h1-2,6,8-9,11-13,15-16,23,25-26H,3-5,7,10H2. The van der Waals surface area contributed by atoms with Crippen LogP contribution in [0, 0.1) is 11.3 Å². The zero-order chi connectivity index (χ0) is 19.2. The van der Waals surface area contributed by atoms with Crippen LogP contribution in [0.25, 0.3) is 10.9 Å². The number of nitrogens with one attached hydrogen (secondary N) is 2. The second-order valence-electron chi connectivity index (χ2n) is 6.94. The van der Waals surface area contributed by atoms with Gasteiger partial charge in [0.15, 0.2) is 5.76 Å². The predicted octanol–water partition coefficient (Wildman–Crippen LogP) is 4.57. The number of H-pyrrole nitrogens is 1. The van der Waals surface area contributed by atoms with Gasteiger partial charge in [0.1, 0.15) is 24.9 Å². The zero-order valence-electron chi connectivity index (χ0n) is 15.7. The minimum absolute atomic E-state index is 0.0206. The van der Waals surface area contributed by atoms with Crippen molar-refractivity contribution in [1.82, 2.24) is 10.3 Å². The van der Waals surface area contributed by atoms with Crippen LogP contribution in [0.1, 0.15) is 30.4 Å². The average molecular weight is 373 g/mol. The molecule has 4 rings (SSSR count). The van der Waals surface area contributed by atoms with E-state index in [0.29, 0.717) is 5.56 Å². The second-order valence-corrected chi connectivity index (χ2v) is 6.94. The molecule has 0 saturated carbocycles. The SMILES string of the molecule is N#Cc1c[nH]c2ccc(CCCNC(C3=CC=CCC3)C3=COC=CO3)cc12. The lowest BCUT2D eigenvalue weighted by Gasteiger charge is -2.25. The van der Waals surface area contributed by atoms with Crippen LogP contribution < -0.4 is 5.32 Å². The fraction of sp³-hybridized carbons (Fsp3) is 0.261. The third kappa shape index (κ3) is 4.03. The maximum Gasteiger partial charge on any atom is 0.159 e. The summed E-state index contributed by atoms with van der Waals surface area (Å²) in [7, 11) is 0. The van der Waals surface area contributed by atoms with E-state index in [1.807, 2.05) is 6.07 Å². The van der Waals surface area contributed by atoms with Gasteiger partial charge in [-0.1, -0.05) is 24.3 Å². The lowest BCUT2D eigenvalue weighted by Crippen LogP contribution is -2.35. The summed E-state index contributed by atoms with van der Waals surface area (Å²) in [4.78, 5) is 3.14. The molecule has 2 aliphatic rings. The minimum atomic E-state index is 0.0206. The molecule has 1 aliphatic carbocycles. The molecule has 1 aliphatic heterocycles. The number of nitriles is 1. The van der Waals surface area contributed by atoms with Crippen LogP contribution in [-0.2, 0) is 15.9 Å². The Hall–Kier alpha value is -3.23. The lowest BCUT2D eigenvalue weighted by molar-refractivity contribution is 0.233. The molecule has 0 amide bonds. The predicted molar refractivity (Wildman–Crippen MR) is 109 cm³/mol. The fourth-order valence-corrected chi connectivity index (χ4v) is 3.64. The van der Waals surface area contributed by atoms with E-state index in [9.17, 15) is 5.26 Å². The Morgan fingerprint density at radius 1 is 1.29 bits per heavy atom. The van der Waals surface area contributed by atoms with E-state index in [1.165, 1.54) is 17.4 Å². The maximum absolute atomic E-state index is 9.22. The Kier molecular flexibility index (Phi) is 5.60. The quantitative estimate of drug-likeness (QED) is 0.698. The number of rotatable bonds is 7. The number of aromatic nitrogens is 1. The Balaban J connectivity index is 1.38. The van der Waals surface area contributed by atoms with Crippen molar-refractivity contribution in [3.8, 4) is 6.07 Å². The largest absolute Gasteiger partial charge is 0.466 e. The summed E-state index contributed by atoms with van der Waals surface area (Å²) >= 11 is 0. The van der Waals surface area contributed by atoms with Gasteiger partial charge in [0.2, 0.25) is 0 Å². The molecule has 5 nitrogen and oxygen atoms in total. The molecule has 1 aromatic carbocycles. The van der Waals surface area contributed by atoms with Crippen molar-refractivity contribution in [3.05, 3.63) is 83.9 Å². The first-order valence-electron chi connectivity index (χ1n) is 9.61. The summed E-state index contributed by atoms with van der Waals surface area (Å²) in [6.45, 7) is 0.854. The van der Waals surface area contributed by atoms with Crippen molar-refractivity contribution in [2.75, 3.05) is 6.54 Å². The van der Waals surface area contributed by atoms with Gasteiger partial charge in [-0.3, -0.25) is 0 Å². The van der Waals surface area contributed by atoms with Gasteiger partial charge in [0.25, 0.3) is 0 Å². The Morgan fingerprint density at radius 3 is 3.04 bits per heavy atom. The van der Waals surface area contributed by atoms with E-state index in [-0.39, 0.29) is 6.04 Å². The van der Waals surface area contributed by atoms with Gasteiger partial charge in [-0.25, -0.2) is 0 Å². The molecule has 1 atom stereocenters. The van der Waals surface area contributed by atoms with Gasteiger partial charge < -0.3 is 19.8 Å². The van der Waals surface area contributed by atoms with Crippen LogP contribution in [0.15, 0.2) is 72.7 Å². The molecule has 1 unspecified atom stereocenters. The van der Waals surface area contributed by atoms with E-state index < -0.39 is 0 Å². The number of ether oxygens (including phenoxy) is 2. The van der Waals surface area contributed by atoms with Crippen molar-refractivity contribution in [3.63, 3.8) is 0 Å². The smallest absolute Gasteiger partial charge is 0.159 e. The van der Waals surface area contributed by atoms with Crippen molar-refractivity contribution in [2.45, 2.75) is 31.7 Å². The van der Waals surface area contributed by atoms with Crippen molar-refractivity contribution in [1.29, 1.82) is 5.26 Å². The van der Waals surface area contributed by atoms with E-state index >= 15 is 0 Å². The molecule has 2 N–H and O–H groups in total. The number of aryl methyl sites for hydroxylation is 1. The van der Waals surface area contributed by atoms with Gasteiger partial charge in [0, 0.05) is 17.1 Å². The first-order chi connectivity index (χ1) is 13.8. The van der Waals surface area contributed by atoms with Crippen LogP contribution in [0.4, 0.5) is 0 Å². The molecule has 0 saturated heterocycles. The monoisotopic (exact) mass is 373 g/mol. The maximum atomic E-state index is 9.22. The summed E-state index contributed by atoms with van der Waals surface area (Å²) in [5, 5.41) is 13.8. The number of hydrogen-bond donors (Lipinski definition) is 2. The molecule has 0 radical (unpaired) electrons. The Bertz CT molecular complexity index is 1000. The van der Waals surface area contributed by atoms with Crippen molar-refractivity contribution >= 4 is 10.9 Å². The van der Waals surface area contributed by atoms with Crippen LogP contribution >= 0.6 is 0 Å². The molecule has 2 aromatic rings. The molecule has 142 valence electrons. The number of fused-ring (bicyclic) bond motifs is 1. The first kappa shape index (κ1) is 18.1. The van der Waals surface area contributed by atoms with Gasteiger partial charge in [0.05, 0.1) is 11.6 Å². The molecule has 2 heterocycles. The minimum Gasteiger partial charge on any atom is -0.466 e. The van der Waals surface area contributed by atoms with E-state index in [2.05, 4.69) is 46.7 Å². The molecule has 5 heteroatoms. The van der Waals surface area contributed by atoms with Gasteiger partial charge >= 0.3 is 0 Å². The summed E-state index contributed by atoms with van der Waals surface area (Å²) in [6.07, 6.45) is 17.0. The lowest BCUT2D eigenvalue weighted by atomic mass is 9.96. The van der Waals surface area contributed by atoms with E-state index in [0.717, 1.165) is 48.9 Å². The molecule has 0 bridgehead atoms. The second kappa shape index (κ2) is 8.64. The highest BCUT2D eigenvalue weighted by Crippen LogP contribution is 2.24. The van der Waals surface area contributed by atoms with Crippen molar-refractivity contribution < 1.29 is 9.47 Å². The van der Waals surface area contributed by atoms with Crippen LogP contribution in [0.3, 0.4) is 0 Å². The third-order valence-electron chi connectivity index (χ3n) is 5.08. The van der Waals surface area contributed by atoms with Gasteiger partial charge in [-0.2, -0.15) is 5.26 Å². The molecule has 0 spiro atoms. The van der Waals surface area contributed by atoms with Crippen LogP contribution in [-0.4, -0.2) is 17.6 Å². The number of allylic oxidation sites excluding steroid dienone is 3. The first-order valence-corrected chi connectivity index (χ1v) is 9.61. The average Bonchev–Trinajstić information content (AvgIpc) is 3.17. The number of aromatic amines is 1. The molecular weight excluding hydrogens is 350 g/mol. The summed E-state index contributed by atoms with van der Waals surface area (Å²) < 4.78 is 11.0. The third-order valence-corrected chi connectivity index (χ3v) is 5.08. The van der Waals surface area contributed by atoms with Crippen LogP contribution in [0.5, 0.6) is 0 Å². The highest BCUT2D eigenvalue weighted by atomic mass is 16.5. The summed E-state index contributed by atoms with van der Waals surface area (Å²) in [5.74, 6) is 0.788. The van der Waals surface area contributed by atoms with Crippen LogP contribution in [0.2, 0.25) is 0 Å². The van der Waals surface area contributed by atoms with E-state index in [1.54, 1.807) is 18.7 Å². The topological polar surface area (TPSA) is 70.1 Å². The Labute approximate surface area is 164 Å². The molecule has 0 fully saturated rings. The highest BCUT2D eigenvalue weighted by molar-refractivity contribution is 5.86. The zero-order valence-corrected chi connectivity index (χ0v) is 15.7. The fourth-order valence-electron chi connectivity index (χ4n) is 3.64. The molecular formula is C23H23N3O2. The summed E-state index contributed by atoms with van der Waals surface area (Å²) in [6, 6.07) is 8.54. The normalized spacial score (nSPS) is 16.7. The number of benzene rings is 1.